The first-order valence-corrected chi connectivity index (χ1v) is 10.3. The molecule has 31 heavy (non-hydrogen) atoms. The molecule has 1 amide bonds. The maximum Gasteiger partial charge on any atom is 0.306 e. The number of rotatable bonds is 7. The van der Waals surface area contributed by atoms with Gasteiger partial charge < -0.3 is 14.8 Å². The number of hydrogen-bond acceptors (Lipinski definition) is 6. The van der Waals surface area contributed by atoms with E-state index in [1.165, 1.54) is 11.7 Å². The molecule has 0 saturated heterocycles. The summed E-state index contributed by atoms with van der Waals surface area (Å²) in [4.78, 5) is 28.2. The van der Waals surface area contributed by atoms with Crippen molar-refractivity contribution in [1.82, 2.24) is 19.8 Å². The zero-order valence-electron chi connectivity index (χ0n) is 18.2. The fourth-order valence-corrected chi connectivity index (χ4v) is 3.46. The third kappa shape index (κ3) is 4.99. The Kier molecular flexibility index (Phi) is 6.54. The van der Waals surface area contributed by atoms with Gasteiger partial charge in [0.15, 0.2) is 11.5 Å². The van der Waals surface area contributed by atoms with Gasteiger partial charge in [-0.1, -0.05) is 32.4 Å². The monoisotopic (exact) mass is 447 g/mol. The van der Waals surface area contributed by atoms with Gasteiger partial charge in [-0.3, -0.25) is 14.7 Å². The van der Waals surface area contributed by atoms with Gasteiger partial charge in [-0.05, 0) is 25.1 Å². The smallest absolute Gasteiger partial charge is 0.306 e. The number of H-pyrrole nitrogens is 1. The molecule has 0 aliphatic heterocycles. The van der Waals surface area contributed by atoms with E-state index in [-0.39, 0.29) is 24.2 Å². The minimum Gasteiger partial charge on any atom is -0.494 e. The summed E-state index contributed by atoms with van der Waals surface area (Å²) >= 11 is 6.54. The van der Waals surface area contributed by atoms with Gasteiger partial charge in [-0.25, -0.2) is 4.98 Å². The van der Waals surface area contributed by atoms with Crippen LogP contribution in [0.3, 0.4) is 0 Å². The second-order valence-corrected chi connectivity index (χ2v) is 8.36. The van der Waals surface area contributed by atoms with Crippen LogP contribution in [0.15, 0.2) is 18.2 Å². The number of carbonyl (C=O) groups excluding carboxylic acids is 2. The first-order valence-electron chi connectivity index (χ1n) is 9.92. The predicted octanol–water partition coefficient (Wildman–Crippen LogP) is 3.97. The minimum absolute atomic E-state index is 0.00247. The van der Waals surface area contributed by atoms with E-state index < -0.39 is 5.97 Å². The van der Waals surface area contributed by atoms with E-state index in [0.29, 0.717) is 40.1 Å². The van der Waals surface area contributed by atoms with Crippen LogP contribution in [0.25, 0.3) is 17.0 Å². The molecule has 10 heteroatoms. The van der Waals surface area contributed by atoms with Gasteiger partial charge >= 0.3 is 5.97 Å². The molecule has 0 fully saturated rings. The summed E-state index contributed by atoms with van der Waals surface area (Å²) in [5.74, 6) is 0.216. The molecule has 3 aromatic rings. The molecule has 9 nitrogen and oxygen atoms in total. The van der Waals surface area contributed by atoms with Crippen LogP contribution in [-0.4, -0.2) is 45.4 Å². The number of esters is 1. The van der Waals surface area contributed by atoms with Crippen molar-refractivity contribution in [2.45, 2.75) is 46.0 Å². The Morgan fingerprint density at radius 3 is 2.61 bits per heavy atom. The molecule has 0 aliphatic rings. The molecule has 2 aromatic heterocycles. The van der Waals surface area contributed by atoms with E-state index in [1.54, 1.807) is 18.2 Å². The van der Waals surface area contributed by atoms with Crippen molar-refractivity contribution >= 4 is 34.8 Å². The Balaban J connectivity index is 1.97. The molecule has 2 N–H and O–H groups in total. The lowest BCUT2D eigenvalue weighted by atomic mass is 9.92. The van der Waals surface area contributed by atoms with E-state index in [2.05, 4.69) is 25.2 Å². The van der Waals surface area contributed by atoms with Crippen molar-refractivity contribution in [2.24, 2.45) is 0 Å². The van der Waals surface area contributed by atoms with Crippen LogP contribution >= 0.6 is 11.6 Å². The van der Waals surface area contributed by atoms with Crippen LogP contribution < -0.4 is 10.1 Å². The molecule has 3 rings (SSSR count). The van der Waals surface area contributed by atoms with E-state index >= 15 is 0 Å². The summed E-state index contributed by atoms with van der Waals surface area (Å²) in [7, 11) is 1.28. The molecule has 0 aliphatic carbocycles. The normalized spacial score (nSPS) is 11.5. The zero-order valence-corrected chi connectivity index (χ0v) is 19.0. The van der Waals surface area contributed by atoms with Gasteiger partial charge in [0.1, 0.15) is 10.8 Å². The molecule has 0 unspecified atom stereocenters. The number of benzene rings is 1. The quantitative estimate of drug-likeness (QED) is 0.530. The number of aromatic nitrogens is 4. The van der Waals surface area contributed by atoms with Gasteiger partial charge in [-0.15, -0.1) is 5.10 Å². The molecule has 0 bridgehead atoms. The first kappa shape index (κ1) is 22.6. The lowest BCUT2D eigenvalue weighted by Crippen LogP contribution is -2.15. The summed E-state index contributed by atoms with van der Waals surface area (Å²) in [6.45, 7) is 8.49. The lowest BCUT2D eigenvalue weighted by Gasteiger charge is -2.16. The van der Waals surface area contributed by atoms with Crippen molar-refractivity contribution in [2.75, 3.05) is 19.0 Å². The molecule has 166 valence electrons. The van der Waals surface area contributed by atoms with Crippen molar-refractivity contribution in [3.8, 4) is 17.1 Å². The number of anilines is 1. The number of aromatic amines is 1. The molecule has 0 spiro atoms. The van der Waals surface area contributed by atoms with Crippen molar-refractivity contribution in [3.05, 3.63) is 28.9 Å². The topological polar surface area (TPSA) is 111 Å². The molecule has 0 atom stereocenters. The van der Waals surface area contributed by atoms with Gasteiger partial charge in [0.25, 0.3) is 0 Å². The van der Waals surface area contributed by atoms with Crippen LogP contribution in [0.5, 0.6) is 5.75 Å². The number of nitrogens with zero attached hydrogens (tertiary/aromatic N) is 3. The van der Waals surface area contributed by atoms with Crippen molar-refractivity contribution < 1.29 is 19.1 Å². The van der Waals surface area contributed by atoms with E-state index in [9.17, 15) is 9.59 Å². The number of fused-ring (bicyclic) bond motifs is 1. The average Bonchev–Trinajstić information content (AvgIpc) is 3.26. The maximum atomic E-state index is 12.3. The maximum absolute atomic E-state index is 12.3. The SMILES string of the molecule is CCOc1ccc(NC(=O)CCC(=O)OC)c(-c2nc3c(Cl)c(C(C)(C)C)[nH]n3n2)c1. The Morgan fingerprint density at radius 2 is 2.00 bits per heavy atom. The standard InChI is InChI=1S/C21H26ClN5O4/c1-6-31-12-7-8-14(23-15(28)9-10-16(29)30-5)13(11-12)19-24-20-17(22)18(21(2,3)4)25-27(20)26-19/h7-8,11,25H,6,9-10H2,1-5H3,(H,23,28). The van der Waals surface area contributed by atoms with Gasteiger partial charge in [0.05, 0.1) is 31.5 Å². The molecule has 0 saturated carbocycles. The number of amides is 1. The van der Waals surface area contributed by atoms with Crippen LogP contribution in [0.4, 0.5) is 5.69 Å². The van der Waals surface area contributed by atoms with Crippen LogP contribution in [0, 0.1) is 0 Å². The Hall–Kier alpha value is -3.07. The summed E-state index contributed by atoms with van der Waals surface area (Å²) in [5, 5.41) is 11.0. The van der Waals surface area contributed by atoms with E-state index in [4.69, 9.17) is 16.3 Å². The summed E-state index contributed by atoms with van der Waals surface area (Å²) in [6, 6.07) is 5.22. The largest absolute Gasteiger partial charge is 0.494 e. The summed E-state index contributed by atoms with van der Waals surface area (Å²) < 4.78 is 11.7. The predicted molar refractivity (Wildman–Crippen MR) is 118 cm³/mol. The molecule has 2 heterocycles. The minimum atomic E-state index is -0.448. The second-order valence-electron chi connectivity index (χ2n) is 7.99. The van der Waals surface area contributed by atoms with E-state index in [1.807, 2.05) is 27.7 Å². The highest BCUT2D eigenvalue weighted by Gasteiger charge is 2.25. The van der Waals surface area contributed by atoms with Gasteiger partial charge in [0.2, 0.25) is 5.91 Å². The number of halogens is 1. The fraction of sp³-hybridized carbons (Fsp3) is 0.429. The Bertz CT molecular complexity index is 1110. The number of ether oxygens (including phenoxy) is 2. The van der Waals surface area contributed by atoms with Crippen molar-refractivity contribution in [1.29, 1.82) is 0 Å². The van der Waals surface area contributed by atoms with Gasteiger partial charge in [-0.2, -0.15) is 4.63 Å². The lowest BCUT2D eigenvalue weighted by molar-refractivity contribution is -0.141. The third-order valence-electron chi connectivity index (χ3n) is 4.59. The van der Waals surface area contributed by atoms with Crippen LogP contribution in [0.1, 0.15) is 46.2 Å². The van der Waals surface area contributed by atoms with Crippen molar-refractivity contribution in [3.63, 3.8) is 0 Å². The number of hydrogen-bond donors (Lipinski definition) is 2. The molecule has 0 radical (unpaired) electrons. The summed E-state index contributed by atoms with van der Waals surface area (Å²) in [6.07, 6.45) is -0.0108. The number of carbonyl (C=O) groups is 2. The number of methoxy groups -OCH3 is 1. The zero-order chi connectivity index (χ0) is 22.8. The fourth-order valence-electron chi connectivity index (χ4n) is 3.01. The van der Waals surface area contributed by atoms with Crippen LogP contribution in [-0.2, 0) is 19.7 Å². The number of nitrogens with one attached hydrogen (secondary N) is 2. The molecular weight excluding hydrogens is 422 g/mol. The van der Waals surface area contributed by atoms with Crippen LogP contribution in [0.2, 0.25) is 5.02 Å². The third-order valence-corrected chi connectivity index (χ3v) is 4.95. The Morgan fingerprint density at radius 1 is 1.26 bits per heavy atom. The highest BCUT2D eigenvalue weighted by atomic mass is 35.5. The van der Waals surface area contributed by atoms with E-state index in [0.717, 1.165) is 5.69 Å². The molecular formula is C21H26ClN5O4. The molecule has 1 aromatic carbocycles. The highest BCUT2D eigenvalue weighted by molar-refractivity contribution is 6.34. The average molecular weight is 448 g/mol. The Labute approximate surface area is 185 Å². The summed E-state index contributed by atoms with van der Waals surface area (Å²) in [5.41, 5.74) is 2.19. The second kappa shape index (κ2) is 8.97. The first-order chi connectivity index (χ1) is 14.6. The van der Waals surface area contributed by atoms with Gasteiger partial charge in [0, 0.05) is 17.4 Å². The highest BCUT2D eigenvalue weighted by Crippen LogP contribution is 2.34.